The summed E-state index contributed by atoms with van der Waals surface area (Å²) in [6.45, 7) is 11.5. The lowest BCUT2D eigenvalue weighted by Crippen LogP contribution is -2.57. The quantitative estimate of drug-likeness (QED) is 0.726. The zero-order chi connectivity index (χ0) is 17.5. The molecule has 0 aromatic heterocycles. The molecule has 0 bridgehead atoms. The van der Waals surface area contributed by atoms with Gasteiger partial charge in [-0.1, -0.05) is 31.4 Å². The van der Waals surface area contributed by atoms with Gasteiger partial charge in [0.05, 0.1) is 12.5 Å². The number of carbonyl (C=O) groups excluding carboxylic acids is 2. The minimum atomic E-state index is -0.313. The van der Waals surface area contributed by atoms with Gasteiger partial charge in [-0.15, -0.1) is 0 Å². The molecule has 2 fully saturated rings. The number of nitrogens with zero attached hydrogens (tertiary/aromatic N) is 2. The van der Waals surface area contributed by atoms with Crippen LogP contribution in [0.15, 0.2) is 12.2 Å². The monoisotopic (exact) mass is 335 g/mol. The summed E-state index contributed by atoms with van der Waals surface area (Å²) >= 11 is 0. The number of likely N-dealkylation sites (N-methyl/N-ethyl adjacent to an activating group) is 1. The lowest BCUT2D eigenvalue weighted by molar-refractivity contribution is -0.138. The van der Waals surface area contributed by atoms with Crippen LogP contribution in [0.5, 0.6) is 0 Å². The zero-order valence-corrected chi connectivity index (χ0v) is 15.4. The van der Waals surface area contributed by atoms with Crippen LogP contribution in [0.2, 0.25) is 0 Å². The zero-order valence-electron chi connectivity index (χ0n) is 15.4. The second-order valence-corrected chi connectivity index (χ2v) is 7.37. The van der Waals surface area contributed by atoms with E-state index >= 15 is 0 Å². The van der Waals surface area contributed by atoms with E-state index in [9.17, 15) is 9.59 Å². The van der Waals surface area contributed by atoms with Crippen LogP contribution in [0.1, 0.15) is 52.4 Å². The topological polar surface area (TPSA) is 52.7 Å². The molecule has 1 unspecified atom stereocenters. The van der Waals surface area contributed by atoms with Gasteiger partial charge in [-0.25, -0.2) is 0 Å². The third kappa shape index (κ3) is 5.33. The fraction of sp³-hybridized carbons (Fsp3) is 0.789. The molecule has 1 atom stereocenters. The van der Waals surface area contributed by atoms with E-state index in [1.54, 1.807) is 4.90 Å². The second-order valence-electron chi connectivity index (χ2n) is 7.37. The Kier molecular flexibility index (Phi) is 7.28. The van der Waals surface area contributed by atoms with E-state index in [1.165, 1.54) is 32.1 Å². The molecule has 0 aromatic rings. The Hall–Kier alpha value is -1.36. The van der Waals surface area contributed by atoms with E-state index in [4.69, 9.17) is 0 Å². The number of rotatable bonds is 7. The molecule has 2 aliphatic rings. The van der Waals surface area contributed by atoms with Crippen molar-refractivity contribution in [1.29, 1.82) is 0 Å². The Morgan fingerprint density at radius 3 is 2.67 bits per heavy atom. The van der Waals surface area contributed by atoms with Crippen LogP contribution in [0, 0.1) is 5.92 Å². The molecule has 1 saturated heterocycles. The van der Waals surface area contributed by atoms with Crippen molar-refractivity contribution < 1.29 is 9.59 Å². The summed E-state index contributed by atoms with van der Waals surface area (Å²) in [6, 6.07) is -0.313. The maximum Gasteiger partial charge on any atom is 0.237 e. The van der Waals surface area contributed by atoms with Gasteiger partial charge in [-0.2, -0.15) is 0 Å². The van der Waals surface area contributed by atoms with E-state index in [2.05, 4.69) is 16.8 Å². The van der Waals surface area contributed by atoms with Crippen molar-refractivity contribution >= 4 is 11.8 Å². The number of hydrogen-bond donors (Lipinski definition) is 1. The first-order valence-electron chi connectivity index (χ1n) is 9.45. The molecule has 0 aromatic carbocycles. The summed E-state index contributed by atoms with van der Waals surface area (Å²) in [6.07, 6.45) is 6.74. The first-order chi connectivity index (χ1) is 11.5. The lowest BCUT2D eigenvalue weighted by Gasteiger charge is -2.38. The van der Waals surface area contributed by atoms with E-state index in [1.807, 2.05) is 13.8 Å². The van der Waals surface area contributed by atoms with Crippen LogP contribution in [0.3, 0.4) is 0 Å². The molecular formula is C19H33N3O2. The standard InChI is InChI=1S/C19H33N3O2/c1-4-21(13-15(2)3)18(23)12-17-19(24)20-10-11-22(17)14-16-8-6-5-7-9-16/h16-17H,2,4-14H2,1,3H3,(H,20,24). The highest BCUT2D eigenvalue weighted by atomic mass is 16.2. The minimum absolute atomic E-state index is 0.0109. The van der Waals surface area contributed by atoms with Crippen molar-refractivity contribution in [3.8, 4) is 0 Å². The summed E-state index contributed by atoms with van der Waals surface area (Å²) in [5.41, 5.74) is 0.970. The highest BCUT2D eigenvalue weighted by molar-refractivity contribution is 5.88. The van der Waals surface area contributed by atoms with Crippen LogP contribution in [0.4, 0.5) is 0 Å². The number of piperazine rings is 1. The van der Waals surface area contributed by atoms with Crippen molar-refractivity contribution in [3.05, 3.63) is 12.2 Å². The molecule has 5 nitrogen and oxygen atoms in total. The minimum Gasteiger partial charge on any atom is -0.353 e. The third-order valence-corrected chi connectivity index (χ3v) is 5.22. The van der Waals surface area contributed by atoms with Gasteiger partial charge in [-0.05, 0) is 32.6 Å². The SMILES string of the molecule is C=C(C)CN(CC)C(=O)CC1C(=O)NCCN1CC1CCCCC1. The normalized spacial score (nSPS) is 22.9. The van der Waals surface area contributed by atoms with Crippen molar-refractivity contribution in [2.24, 2.45) is 5.92 Å². The fourth-order valence-electron chi connectivity index (χ4n) is 3.90. The van der Waals surface area contributed by atoms with E-state index in [0.717, 1.165) is 18.7 Å². The van der Waals surface area contributed by atoms with Crippen molar-refractivity contribution in [3.63, 3.8) is 0 Å². The second kappa shape index (κ2) is 9.21. The Balaban J connectivity index is 1.98. The van der Waals surface area contributed by atoms with E-state index < -0.39 is 0 Å². The molecule has 2 rings (SSSR count). The smallest absolute Gasteiger partial charge is 0.237 e. The first kappa shape index (κ1) is 19.0. The maximum absolute atomic E-state index is 12.6. The van der Waals surface area contributed by atoms with Gasteiger partial charge in [0.15, 0.2) is 0 Å². The number of amides is 2. The number of nitrogens with one attached hydrogen (secondary N) is 1. The van der Waals surface area contributed by atoms with Crippen molar-refractivity contribution in [1.82, 2.24) is 15.1 Å². The Morgan fingerprint density at radius 2 is 2.04 bits per heavy atom. The molecule has 2 amide bonds. The predicted octanol–water partition coefficient (Wildman–Crippen LogP) is 2.18. The highest BCUT2D eigenvalue weighted by Crippen LogP contribution is 2.26. The van der Waals surface area contributed by atoms with Crippen LogP contribution in [-0.4, -0.2) is 60.4 Å². The molecule has 1 aliphatic heterocycles. The molecule has 0 spiro atoms. The first-order valence-corrected chi connectivity index (χ1v) is 9.45. The van der Waals surface area contributed by atoms with Gasteiger partial charge in [0.1, 0.15) is 0 Å². The molecule has 0 radical (unpaired) electrons. The molecule has 136 valence electrons. The molecule has 1 saturated carbocycles. The van der Waals surface area contributed by atoms with Gasteiger partial charge < -0.3 is 10.2 Å². The van der Waals surface area contributed by atoms with Gasteiger partial charge in [0.2, 0.25) is 11.8 Å². The van der Waals surface area contributed by atoms with E-state index in [-0.39, 0.29) is 24.3 Å². The maximum atomic E-state index is 12.6. The van der Waals surface area contributed by atoms with Gasteiger partial charge in [0, 0.05) is 32.7 Å². The average Bonchev–Trinajstić information content (AvgIpc) is 2.56. The molecule has 24 heavy (non-hydrogen) atoms. The summed E-state index contributed by atoms with van der Waals surface area (Å²) in [5.74, 6) is 0.743. The summed E-state index contributed by atoms with van der Waals surface area (Å²) < 4.78 is 0. The summed E-state index contributed by atoms with van der Waals surface area (Å²) in [7, 11) is 0. The number of carbonyl (C=O) groups is 2. The van der Waals surface area contributed by atoms with Crippen LogP contribution >= 0.6 is 0 Å². The molecule has 1 heterocycles. The Labute approximate surface area is 146 Å². The molecular weight excluding hydrogens is 302 g/mol. The van der Waals surface area contributed by atoms with Crippen molar-refractivity contribution in [2.75, 3.05) is 32.7 Å². The summed E-state index contributed by atoms with van der Waals surface area (Å²) in [4.78, 5) is 29.1. The third-order valence-electron chi connectivity index (χ3n) is 5.22. The van der Waals surface area contributed by atoms with Crippen LogP contribution < -0.4 is 5.32 Å². The summed E-state index contributed by atoms with van der Waals surface area (Å²) in [5, 5.41) is 2.93. The Bertz CT molecular complexity index is 458. The molecule has 5 heteroatoms. The number of hydrogen-bond acceptors (Lipinski definition) is 3. The van der Waals surface area contributed by atoms with Gasteiger partial charge >= 0.3 is 0 Å². The lowest BCUT2D eigenvalue weighted by atomic mass is 9.88. The Morgan fingerprint density at radius 1 is 1.33 bits per heavy atom. The average molecular weight is 335 g/mol. The van der Waals surface area contributed by atoms with Crippen molar-refractivity contribution in [2.45, 2.75) is 58.4 Å². The molecule has 1 aliphatic carbocycles. The van der Waals surface area contributed by atoms with Gasteiger partial charge in [0.25, 0.3) is 0 Å². The van der Waals surface area contributed by atoms with Gasteiger partial charge in [-0.3, -0.25) is 14.5 Å². The highest BCUT2D eigenvalue weighted by Gasteiger charge is 2.34. The van der Waals surface area contributed by atoms with Crippen LogP contribution in [0.25, 0.3) is 0 Å². The van der Waals surface area contributed by atoms with Crippen LogP contribution in [-0.2, 0) is 9.59 Å². The van der Waals surface area contributed by atoms with E-state index in [0.29, 0.717) is 25.6 Å². The largest absolute Gasteiger partial charge is 0.353 e. The fourth-order valence-corrected chi connectivity index (χ4v) is 3.90. The predicted molar refractivity (Wildman–Crippen MR) is 96.6 cm³/mol. The molecule has 1 N–H and O–H groups in total.